The average molecular weight is 281 g/mol. The van der Waals surface area contributed by atoms with Crippen LogP contribution in [0.25, 0.3) is 0 Å². The maximum atomic E-state index is 12.4. The smallest absolute Gasteiger partial charge is 0.322 e. The van der Waals surface area contributed by atoms with E-state index < -0.39 is 6.10 Å². The molecule has 1 aliphatic rings. The molecule has 6 heteroatoms. The summed E-state index contributed by atoms with van der Waals surface area (Å²) in [5.41, 5.74) is 1.38. The highest BCUT2D eigenvalue weighted by Crippen LogP contribution is 2.25. The van der Waals surface area contributed by atoms with Gasteiger partial charge < -0.3 is 19.8 Å². The van der Waals surface area contributed by atoms with Gasteiger partial charge in [-0.25, -0.2) is 4.79 Å². The quantitative estimate of drug-likeness (QED) is 0.887. The lowest BCUT2D eigenvalue weighted by atomic mass is 10.1. The van der Waals surface area contributed by atoms with Gasteiger partial charge in [-0.1, -0.05) is 12.1 Å². The fourth-order valence-corrected chi connectivity index (χ4v) is 2.74. The molecule has 1 aliphatic heterocycles. The molecule has 0 bridgehead atoms. The summed E-state index contributed by atoms with van der Waals surface area (Å²) in [6, 6.07) is -0.0191. The summed E-state index contributed by atoms with van der Waals surface area (Å²) in [5.74, 6) is 0.696. The van der Waals surface area contributed by atoms with Crippen LogP contribution in [0.1, 0.15) is 44.6 Å². The van der Waals surface area contributed by atoms with Gasteiger partial charge in [-0.05, 0) is 33.1 Å². The van der Waals surface area contributed by atoms with E-state index in [1.807, 2.05) is 13.8 Å². The van der Waals surface area contributed by atoms with E-state index in [1.165, 1.54) is 0 Å². The Morgan fingerprint density at radius 2 is 2.40 bits per heavy atom. The van der Waals surface area contributed by atoms with Crippen LogP contribution in [0.2, 0.25) is 0 Å². The van der Waals surface area contributed by atoms with Gasteiger partial charge in [0, 0.05) is 19.0 Å². The lowest BCUT2D eigenvalue weighted by molar-refractivity contribution is 0.142. The van der Waals surface area contributed by atoms with Crippen LogP contribution in [0.15, 0.2) is 4.52 Å². The number of nitrogens with zero attached hydrogens (tertiary/aromatic N) is 2. The zero-order chi connectivity index (χ0) is 14.7. The third-order valence-electron chi connectivity index (χ3n) is 3.74. The van der Waals surface area contributed by atoms with E-state index in [4.69, 9.17) is 4.52 Å². The van der Waals surface area contributed by atoms with Crippen LogP contribution < -0.4 is 5.32 Å². The van der Waals surface area contributed by atoms with Gasteiger partial charge in [-0.2, -0.15) is 0 Å². The van der Waals surface area contributed by atoms with Crippen LogP contribution in [-0.4, -0.2) is 39.9 Å². The minimum absolute atomic E-state index is 0.111. The molecule has 2 amide bonds. The molecule has 1 saturated heterocycles. The standard InChI is InChI=1S/C14H23N3O3/c1-4-12-13(10(3)16-20-12)15-14(19)17-7-5-6-11(17)8-9(2)18/h9,11,18H,4-8H2,1-3H3,(H,15,19). The molecular weight excluding hydrogens is 258 g/mol. The molecule has 20 heavy (non-hydrogen) atoms. The second-order valence-corrected chi connectivity index (χ2v) is 5.42. The lowest BCUT2D eigenvalue weighted by Gasteiger charge is -2.25. The molecule has 1 aromatic heterocycles. The van der Waals surface area contributed by atoms with E-state index in [-0.39, 0.29) is 12.1 Å². The Kier molecular flexibility index (Phi) is 4.65. The van der Waals surface area contributed by atoms with Crippen LogP contribution in [0, 0.1) is 6.92 Å². The Labute approximate surface area is 119 Å². The van der Waals surface area contributed by atoms with Crippen LogP contribution in [0.4, 0.5) is 10.5 Å². The number of anilines is 1. The second-order valence-electron chi connectivity index (χ2n) is 5.42. The van der Waals surface area contributed by atoms with Gasteiger partial charge >= 0.3 is 6.03 Å². The Balaban J connectivity index is 2.05. The highest BCUT2D eigenvalue weighted by atomic mass is 16.5. The number of aromatic nitrogens is 1. The number of amides is 2. The van der Waals surface area contributed by atoms with Crippen LogP contribution in [-0.2, 0) is 6.42 Å². The van der Waals surface area contributed by atoms with E-state index in [0.717, 1.165) is 19.4 Å². The van der Waals surface area contributed by atoms with E-state index in [1.54, 1.807) is 11.8 Å². The van der Waals surface area contributed by atoms with Crippen molar-refractivity contribution in [2.75, 3.05) is 11.9 Å². The zero-order valence-electron chi connectivity index (χ0n) is 12.3. The molecule has 0 radical (unpaired) electrons. The molecular formula is C14H23N3O3. The Hall–Kier alpha value is -1.56. The van der Waals surface area contributed by atoms with Crippen molar-refractivity contribution < 1.29 is 14.4 Å². The highest BCUT2D eigenvalue weighted by Gasteiger charge is 2.30. The van der Waals surface area contributed by atoms with Gasteiger partial charge in [0.2, 0.25) is 0 Å². The van der Waals surface area contributed by atoms with Gasteiger partial charge in [-0.3, -0.25) is 0 Å². The fraction of sp³-hybridized carbons (Fsp3) is 0.714. The van der Waals surface area contributed by atoms with Gasteiger partial charge in [0.1, 0.15) is 11.4 Å². The SMILES string of the molecule is CCc1onc(C)c1NC(=O)N1CCCC1CC(C)O. The highest BCUT2D eigenvalue weighted by molar-refractivity contribution is 5.90. The molecule has 2 heterocycles. The van der Waals surface area contributed by atoms with Gasteiger partial charge in [0.05, 0.1) is 6.10 Å². The minimum Gasteiger partial charge on any atom is -0.393 e. The third kappa shape index (κ3) is 3.12. The number of likely N-dealkylation sites (tertiary alicyclic amines) is 1. The normalized spacial score (nSPS) is 20.2. The average Bonchev–Trinajstić information content (AvgIpc) is 2.97. The number of aliphatic hydroxyl groups is 1. The van der Waals surface area contributed by atoms with Crippen molar-refractivity contribution in [3.63, 3.8) is 0 Å². The van der Waals surface area contributed by atoms with E-state index in [9.17, 15) is 9.90 Å². The number of hydrogen-bond donors (Lipinski definition) is 2. The Bertz CT molecular complexity index is 470. The first-order valence-electron chi connectivity index (χ1n) is 7.23. The monoisotopic (exact) mass is 281 g/mol. The zero-order valence-corrected chi connectivity index (χ0v) is 12.3. The Morgan fingerprint density at radius 3 is 3.05 bits per heavy atom. The number of nitrogens with one attached hydrogen (secondary N) is 1. The molecule has 0 saturated carbocycles. The lowest BCUT2D eigenvalue weighted by Crippen LogP contribution is -2.40. The molecule has 2 unspecified atom stereocenters. The number of aryl methyl sites for hydroxylation is 2. The molecule has 1 aromatic rings. The van der Waals surface area contributed by atoms with Gasteiger partial charge in [0.25, 0.3) is 0 Å². The van der Waals surface area contributed by atoms with E-state index in [2.05, 4.69) is 10.5 Å². The second kappa shape index (κ2) is 6.26. The molecule has 0 spiro atoms. The topological polar surface area (TPSA) is 78.6 Å². The molecule has 112 valence electrons. The largest absolute Gasteiger partial charge is 0.393 e. The number of carbonyl (C=O) groups excluding carboxylic acids is 1. The summed E-state index contributed by atoms with van der Waals surface area (Å²) >= 11 is 0. The number of hydrogen-bond acceptors (Lipinski definition) is 4. The van der Waals surface area contributed by atoms with Crippen molar-refractivity contribution in [2.24, 2.45) is 0 Å². The van der Waals surface area contributed by atoms with Crippen molar-refractivity contribution in [3.8, 4) is 0 Å². The van der Waals surface area contributed by atoms with Crippen molar-refractivity contribution >= 4 is 11.7 Å². The van der Waals surface area contributed by atoms with Crippen molar-refractivity contribution in [1.82, 2.24) is 10.1 Å². The fourth-order valence-electron chi connectivity index (χ4n) is 2.74. The maximum Gasteiger partial charge on any atom is 0.322 e. The first kappa shape index (κ1) is 14.8. The van der Waals surface area contributed by atoms with Crippen molar-refractivity contribution in [2.45, 2.75) is 58.6 Å². The summed E-state index contributed by atoms with van der Waals surface area (Å²) in [7, 11) is 0. The summed E-state index contributed by atoms with van der Waals surface area (Å²) in [6.45, 7) is 6.26. The Morgan fingerprint density at radius 1 is 1.65 bits per heavy atom. The van der Waals surface area contributed by atoms with Crippen LogP contribution in [0.3, 0.4) is 0 Å². The molecule has 6 nitrogen and oxygen atoms in total. The predicted octanol–water partition coefficient (Wildman–Crippen LogP) is 2.31. The third-order valence-corrected chi connectivity index (χ3v) is 3.74. The number of aliphatic hydroxyl groups excluding tert-OH is 1. The molecule has 2 N–H and O–H groups in total. The molecule has 1 fully saturated rings. The van der Waals surface area contributed by atoms with Gasteiger partial charge in [0.15, 0.2) is 5.76 Å². The van der Waals surface area contributed by atoms with Gasteiger partial charge in [-0.15, -0.1) is 0 Å². The van der Waals surface area contributed by atoms with Crippen molar-refractivity contribution in [3.05, 3.63) is 11.5 Å². The molecule has 0 aliphatic carbocycles. The summed E-state index contributed by atoms with van der Waals surface area (Å²) in [6.07, 6.45) is 2.84. The first-order valence-corrected chi connectivity index (χ1v) is 7.23. The number of urea groups is 1. The summed E-state index contributed by atoms with van der Waals surface area (Å²) in [4.78, 5) is 14.2. The first-order chi connectivity index (χ1) is 9.52. The predicted molar refractivity (Wildman–Crippen MR) is 75.7 cm³/mol. The molecule has 2 rings (SSSR count). The van der Waals surface area contributed by atoms with Crippen LogP contribution in [0.5, 0.6) is 0 Å². The number of rotatable bonds is 4. The molecule has 2 atom stereocenters. The number of carbonyl (C=O) groups is 1. The van der Waals surface area contributed by atoms with E-state index >= 15 is 0 Å². The molecule has 0 aromatic carbocycles. The van der Waals surface area contributed by atoms with E-state index in [0.29, 0.717) is 30.0 Å². The van der Waals surface area contributed by atoms with Crippen molar-refractivity contribution in [1.29, 1.82) is 0 Å². The van der Waals surface area contributed by atoms with Crippen LogP contribution >= 0.6 is 0 Å². The summed E-state index contributed by atoms with van der Waals surface area (Å²) < 4.78 is 5.18. The summed E-state index contributed by atoms with van der Waals surface area (Å²) in [5, 5.41) is 16.3. The maximum absolute atomic E-state index is 12.4. The minimum atomic E-state index is -0.392.